The molecule has 34 heavy (non-hydrogen) atoms. The molecule has 1 atom stereocenters. The number of hydrogen-bond acceptors (Lipinski definition) is 4. The van der Waals surface area contributed by atoms with Gasteiger partial charge in [-0.1, -0.05) is 48.2 Å². The number of carboxylic acid groups (broad SMARTS) is 1. The van der Waals surface area contributed by atoms with Gasteiger partial charge in [-0.05, 0) is 54.4 Å². The predicted octanol–water partition coefficient (Wildman–Crippen LogP) is 3.03. The van der Waals surface area contributed by atoms with Crippen LogP contribution in [0.4, 0.5) is 5.69 Å². The SMILES string of the molecule is NC(=O)CC[C@@H](C(=O)O)N(Cc1ccccc1)C(=O)c1ccc(C#Cc2cccc(N)c2)cc1. The highest BCUT2D eigenvalue weighted by Crippen LogP contribution is 2.18. The second-order valence-corrected chi connectivity index (χ2v) is 7.73. The number of carbonyl (C=O) groups excluding carboxylic acids is 2. The Bertz CT molecular complexity index is 1230. The first kappa shape index (κ1) is 24.1. The van der Waals surface area contributed by atoms with Crippen molar-refractivity contribution in [3.05, 3.63) is 101 Å². The van der Waals surface area contributed by atoms with Gasteiger partial charge in [-0.15, -0.1) is 0 Å². The topological polar surface area (TPSA) is 127 Å². The van der Waals surface area contributed by atoms with Crippen molar-refractivity contribution in [2.75, 3.05) is 5.73 Å². The molecular weight excluding hydrogens is 430 g/mol. The zero-order valence-corrected chi connectivity index (χ0v) is 18.5. The second kappa shape index (κ2) is 11.3. The van der Waals surface area contributed by atoms with Crippen LogP contribution in [0.2, 0.25) is 0 Å². The number of nitrogens with zero attached hydrogens (tertiary/aromatic N) is 1. The number of anilines is 1. The minimum absolute atomic E-state index is 0.0758. The van der Waals surface area contributed by atoms with Gasteiger partial charge >= 0.3 is 5.97 Å². The molecule has 0 aliphatic heterocycles. The van der Waals surface area contributed by atoms with Gasteiger partial charge < -0.3 is 21.5 Å². The molecule has 0 radical (unpaired) electrons. The van der Waals surface area contributed by atoms with Crippen LogP contribution in [0, 0.1) is 11.8 Å². The van der Waals surface area contributed by atoms with Crippen molar-refractivity contribution in [1.29, 1.82) is 0 Å². The lowest BCUT2D eigenvalue weighted by Crippen LogP contribution is -2.45. The van der Waals surface area contributed by atoms with Crippen molar-refractivity contribution < 1.29 is 19.5 Å². The van der Waals surface area contributed by atoms with E-state index in [1.54, 1.807) is 36.4 Å². The summed E-state index contributed by atoms with van der Waals surface area (Å²) in [4.78, 5) is 37.9. The first-order valence-corrected chi connectivity index (χ1v) is 10.7. The number of nitrogen functional groups attached to an aromatic ring is 1. The van der Waals surface area contributed by atoms with Crippen LogP contribution < -0.4 is 11.5 Å². The summed E-state index contributed by atoms with van der Waals surface area (Å²) in [5, 5.41) is 9.80. The molecule has 0 heterocycles. The van der Waals surface area contributed by atoms with E-state index in [1.807, 2.05) is 42.5 Å². The molecule has 2 amide bonds. The van der Waals surface area contributed by atoms with Gasteiger partial charge in [0, 0.05) is 35.3 Å². The average Bonchev–Trinajstić information content (AvgIpc) is 2.82. The minimum atomic E-state index is -1.21. The summed E-state index contributed by atoms with van der Waals surface area (Å²) in [5.74, 6) is 3.76. The van der Waals surface area contributed by atoms with Crippen LogP contribution in [0.3, 0.4) is 0 Å². The fourth-order valence-corrected chi connectivity index (χ4v) is 3.42. The summed E-state index contributed by atoms with van der Waals surface area (Å²) in [5.41, 5.74) is 14.2. The average molecular weight is 456 g/mol. The zero-order chi connectivity index (χ0) is 24.5. The fourth-order valence-electron chi connectivity index (χ4n) is 3.42. The predicted molar refractivity (Wildman–Crippen MR) is 129 cm³/mol. The van der Waals surface area contributed by atoms with Crippen molar-refractivity contribution in [1.82, 2.24) is 4.90 Å². The smallest absolute Gasteiger partial charge is 0.326 e. The summed E-state index contributed by atoms with van der Waals surface area (Å²) >= 11 is 0. The van der Waals surface area contributed by atoms with E-state index < -0.39 is 23.8 Å². The maximum atomic E-state index is 13.4. The zero-order valence-electron chi connectivity index (χ0n) is 18.5. The first-order valence-electron chi connectivity index (χ1n) is 10.7. The molecule has 0 saturated carbocycles. The van der Waals surface area contributed by atoms with Crippen molar-refractivity contribution in [2.24, 2.45) is 5.73 Å². The summed E-state index contributed by atoms with van der Waals surface area (Å²) < 4.78 is 0. The highest BCUT2D eigenvalue weighted by atomic mass is 16.4. The molecule has 3 aromatic carbocycles. The van der Waals surface area contributed by atoms with Crippen molar-refractivity contribution in [2.45, 2.75) is 25.4 Å². The highest BCUT2D eigenvalue weighted by Gasteiger charge is 2.30. The van der Waals surface area contributed by atoms with E-state index in [0.717, 1.165) is 11.1 Å². The van der Waals surface area contributed by atoms with E-state index in [0.29, 0.717) is 16.8 Å². The van der Waals surface area contributed by atoms with Gasteiger partial charge in [-0.3, -0.25) is 9.59 Å². The number of nitrogens with two attached hydrogens (primary N) is 2. The quantitative estimate of drug-likeness (QED) is 0.355. The molecule has 0 fully saturated rings. The number of benzene rings is 3. The highest BCUT2D eigenvalue weighted by molar-refractivity contribution is 5.96. The number of carboxylic acids is 1. The van der Waals surface area contributed by atoms with Crippen LogP contribution in [0.25, 0.3) is 0 Å². The number of hydrogen-bond donors (Lipinski definition) is 3. The van der Waals surface area contributed by atoms with Gasteiger partial charge in [-0.2, -0.15) is 0 Å². The Kier molecular flexibility index (Phi) is 8.03. The molecule has 5 N–H and O–H groups in total. The van der Waals surface area contributed by atoms with Crippen LogP contribution in [0.5, 0.6) is 0 Å². The van der Waals surface area contributed by atoms with Gasteiger partial charge in [0.05, 0.1) is 0 Å². The number of primary amides is 1. The summed E-state index contributed by atoms with van der Waals surface area (Å²) in [6.45, 7) is 0.0758. The lowest BCUT2D eigenvalue weighted by atomic mass is 10.0. The van der Waals surface area contributed by atoms with Crippen LogP contribution in [-0.2, 0) is 16.1 Å². The number of amides is 2. The van der Waals surface area contributed by atoms with Gasteiger partial charge in [0.2, 0.25) is 5.91 Å². The molecule has 7 nitrogen and oxygen atoms in total. The molecule has 0 unspecified atom stereocenters. The molecule has 0 bridgehead atoms. The third-order valence-electron chi connectivity index (χ3n) is 5.15. The fraction of sp³-hybridized carbons (Fsp3) is 0.148. The van der Waals surface area contributed by atoms with Crippen LogP contribution in [0.15, 0.2) is 78.9 Å². The maximum absolute atomic E-state index is 13.4. The molecule has 0 saturated heterocycles. The molecule has 0 spiro atoms. The first-order chi connectivity index (χ1) is 16.3. The maximum Gasteiger partial charge on any atom is 0.326 e. The van der Waals surface area contributed by atoms with Crippen LogP contribution in [0.1, 0.15) is 39.9 Å². The van der Waals surface area contributed by atoms with Crippen molar-refractivity contribution >= 4 is 23.5 Å². The van der Waals surface area contributed by atoms with E-state index in [-0.39, 0.29) is 19.4 Å². The van der Waals surface area contributed by atoms with Crippen molar-refractivity contribution in [3.8, 4) is 11.8 Å². The Morgan fingerprint density at radius 3 is 2.18 bits per heavy atom. The molecule has 7 heteroatoms. The van der Waals surface area contributed by atoms with Crippen molar-refractivity contribution in [3.63, 3.8) is 0 Å². The van der Waals surface area contributed by atoms with E-state index in [9.17, 15) is 19.5 Å². The molecule has 172 valence electrons. The van der Waals surface area contributed by atoms with Gasteiger partial charge in [0.1, 0.15) is 6.04 Å². The molecule has 3 aromatic rings. The minimum Gasteiger partial charge on any atom is -0.480 e. The molecule has 0 aliphatic rings. The summed E-state index contributed by atoms with van der Waals surface area (Å²) in [7, 11) is 0. The Labute approximate surface area is 198 Å². The van der Waals surface area contributed by atoms with E-state index in [4.69, 9.17) is 11.5 Å². The number of aliphatic carboxylic acids is 1. The Morgan fingerprint density at radius 2 is 1.56 bits per heavy atom. The van der Waals surface area contributed by atoms with Gasteiger partial charge in [-0.25, -0.2) is 4.79 Å². The van der Waals surface area contributed by atoms with Gasteiger partial charge in [0.25, 0.3) is 5.91 Å². The lowest BCUT2D eigenvalue weighted by molar-refractivity contribution is -0.143. The Hall–Kier alpha value is -4.57. The molecular formula is C27H25N3O4. The molecule has 0 aliphatic carbocycles. The number of carbonyl (C=O) groups is 3. The summed E-state index contributed by atoms with van der Waals surface area (Å²) in [6, 6.07) is 21.7. The summed E-state index contributed by atoms with van der Waals surface area (Å²) in [6.07, 6.45) is -0.221. The molecule has 3 rings (SSSR count). The van der Waals surface area contributed by atoms with E-state index >= 15 is 0 Å². The van der Waals surface area contributed by atoms with Crippen LogP contribution >= 0.6 is 0 Å². The van der Waals surface area contributed by atoms with Crippen LogP contribution in [-0.4, -0.2) is 33.8 Å². The second-order valence-electron chi connectivity index (χ2n) is 7.73. The Morgan fingerprint density at radius 1 is 0.882 bits per heavy atom. The Balaban J connectivity index is 1.86. The number of rotatable bonds is 8. The lowest BCUT2D eigenvalue weighted by Gasteiger charge is -2.29. The van der Waals surface area contributed by atoms with E-state index in [2.05, 4.69) is 11.8 Å². The third-order valence-corrected chi connectivity index (χ3v) is 5.15. The van der Waals surface area contributed by atoms with Gasteiger partial charge in [0.15, 0.2) is 0 Å². The van der Waals surface area contributed by atoms with E-state index in [1.165, 1.54) is 4.90 Å². The normalized spacial score (nSPS) is 11.1. The third kappa shape index (κ3) is 6.71. The largest absolute Gasteiger partial charge is 0.480 e. The standard InChI is InChI=1S/C27H25N3O4/c28-23-8-4-7-20(17-23)10-9-19-11-13-22(14-12-19)26(32)30(18-21-5-2-1-3-6-21)24(27(33)34)15-16-25(29)31/h1-8,11-14,17,24H,15-16,18,28H2,(H2,29,31)(H,33,34)/t24-/m0/s1. The monoisotopic (exact) mass is 455 g/mol. The molecule has 0 aromatic heterocycles.